The molecule has 1 aromatic rings. The van der Waals surface area contributed by atoms with E-state index in [1.807, 2.05) is 44.2 Å². The lowest BCUT2D eigenvalue weighted by Crippen LogP contribution is -2.61. The van der Waals surface area contributed by atoms with E-state index in [2.05, 4.69) is 10.6 Å². The normalized spacial score (nSPS) is 19.5. The van der Waals surface area contributed by atoms with Gasteiger partial charge in [0.15, 0.2) is 0 Å². The molecule has 0 unspecified atom stereocenters. The molecule has 4 atom stereocenters. The average molecular weight is 571 g/mol. The van der Waals surface area contributed by atoms with Crippen molar-refractivity contribution in [2.75, 3.05) is 7.05 Å². The monoisotopic (exact) mass is 570 g/mol. The van der Waals surface area contributed by atoms with Crippen molar-refractivity contribution >= 4 is 23.7 Å². The number of carbonyl (C=O) groups is 4. The molecular weight excluding hydrogens is 520 g/mol. The predicted octanol–water partition coefficient (Wildman–Crippen LogP) is 3.64. The predicted molar refractivity (Wildman–Crippen MR) is 159 cm³/mol. The topological polar surface area (TPSA) is 142 Å². The number of hydrogen-bond donors (Lipinski definition) is 4. The number of nitrogens with one attached hydrogen (secondary N) is 2. The maximum atomic E-state index is 14.0. The van der Waals surface area contributed by atoms with Crippen LogP contribution in [0.15, 0.2) is 30.3 Å². The number of amides is 3. The number of likely N-dealkylation sites (N-methyl/N-ethyl adjacent to an activating group) is 1. The van der Waals surface area contributed by atoms with Gasteiger partial charge >= 0.3 is 5.97 Å². The van der Waals surface area contributed by atoms with Crippen LogP contribution in [0.3, 0.4) is 0 Å². The summed E-state index contributed by atoms with van der Waals surface area (Å²) < 4.78 is 0. The average Bonchev–Trinajstić information content (AvgIpc) is 2.97. The molecule has 0 bridgehead atoms. The van der Waals surface area contributed by atoms with Crippen LogP contribution in [0.1, 0.15) is 90.0 Å². The van der Waals surface area contributed by atoms with Crippen LogP contribution in [0.25, 0.3) is 0 Å². The fourth-order valence-corrected chi connectivity index (χ4v) is 6.42. The summed E-state index contributed by atoms with van der Waals surface area (Å²) in [4.78, 5) is 54.5. The van der Waals surface area contributed by atoms with Gasteiger partial charge in [-0.3, -0.25) is 14.4 Å². The lowest BCUT2D eigenvalue weighted by atomic mass is 9.81. The number of carbonyl (C=O) groups excluding carboxylic acids is 3. The van der Waals surface area contributed by atoms with E-state index < -0.39 is 30.1 Å². The summed E-state index contributed by atoms with van der Waals surface area (Å²) in [5.74, 6) is -2.26. The molecule has 0 radical (unpaired) electrons. The Labute approximate surface area is 245 Å². The molecular formula is C32H50N4O5. The number of carboxylic acid groups (broad SMARTS) is 1. The number of aliphatic carboxylic acids is 1. The first-order chi connectivity index (χ1) is 19.6. The van der Waals surface area contributed by atoms with Crippen LogP contribution in [0.5, 0.6) is 0 Å². The molecule has 2 aliphatic carbocycles. The molecule has 1 aromatic carbocycles. The van der Waals surface area contributed by atoms with Crippen molar-refractivity contribution in [3.05, 3.63) is 35.9 Å². The van der Waals surface area contributed by atoms with Gasteiger partial charge in [-0.05, 0) is 61.8 Å². The van der Waals surface area contributed by atoms with Gasteiger partial charge in [-0.15, -0.1) is 0 Å². The molecule has 0 aliphatic heterocycles. The van der Waals surface area contributed by atoms with E-state index in [0.29, 0.717) is 12.8 Å². The third-order valence-electron chi connectivity index (χ3n) is 8.82. The summed E-state index contributed by atoms with van der Waals surface area (Å²) in [6.45, 7) is 3.85. The van der Waals surface area contributed by atoms with Gasteiger partial charge in [-0.1, -0.05) is 82.7 Å². The maximum Gasteiger partial charge on any atom is 0.326 e. The van der Waals surface area contributed by atoms with Gasteiger partial charge in [0.25, 0.3) is 0 Å². The smallest absolute Gasteiger partial charge is 0.326 e. The van der Waals surface area contributed by atoms with E-state index in [1.54, 1.807) is 0 Å². The number of hydrogen-bond acceptors (Lipinski definition) is 5. The molecule has 9 nitrogen and oxygen atoms in total. The fourth-order valence-electron chi connectivity index (χ4n) is 6.42. The highest BCUT2D eigenvalue weighted by molar-refractivity contribution is 5.94. The zero-order chi connectivity index (χ0) is 29.9. The Morgan fingerprint density at radius 1 is 0.854 bits per heavy atom. The molecule has 0 aromatic heterocycles. The second-order valence-electron chi connectivity index (χ2n) is 12.5. The summed E-state index contributed by atoms with van der Waals surface area (Å²) in [5.41, 5.74) is 7.21. The second-order valence-corrected chi connectivity index (χ2v) is 12.5. The molecule has 3 amide bonds. The first kappa shape index (κ1) is 32.6. The van der Waals surface area contributed by atoms with E-state index in [0.717, 1.165) is 69.8 Å². The van der Waals surface area contributed by atoms with Crippen molar-refractivity contribution in [2.45, 2.75) is 115 Å². The molecule has 41 heavy (non-hydrogen) atoms. The van der Waals surface area contributed by atoms with Crippen molar-refractivity contribution in [2.24, 2.45) is 23.5 Å². The van der Waals surface area contributed by atoms with Gasteiger partial charge in [-0.2, -0.15) is 0 Å². The molecule has 9 heteroatoms. The van der Waals surface area contributed by atoms with Gasteiger partial charge in [0.2, 0.25) is 17.7 Å². The largest absolute Gasteiger partial charge is 0.480 e. The fraction of sp³-hybridized carbons (Fsp3) is 0.688. The van der Waals surface area contributed by atoms with Crippen LogP contribution in [0, 0.1) is 17.8 Å². The summed E-state index contributed by atoms with van der Waals surface area (Å²) in [6.07, 6.45) is 9.90. The summed E-state index contributed by atoms with van der Waals surface area (Å²) in [5, 5.41) is 15.9. The zero-order valence-electron chi connectivity index (χ0n) is 25.0. The Kier molecular flexibility index (Phi) is 12.6. The quantitative estimate of drug-likeness (QED) is 0.285. The number of carboxylic acids is 1. The van der Waals surface area contributed by atoms with Crippen LogP contribution >= 0.6 is 0 Å². The zero-order valence-corrected chi connectivity index (χ0v) is 25.0. The number of benzene rings is 1. The van der Waals surface area contributed by atoms with Crippen LogP contribution < -0.4 is 16.4 Å². The SMILES string of the molecule is CC(C)C[C@H](C(=O)O)N(C)C(=O)[C@H](NC(=O)[C@H](NC(=O)[C@H](N)Cc1ccccc1)C1CCCCC1)C1CCCCC1. The molecule has 228 valence electrons. The van der Waals surface area contributed by atoms with Gasteiger partial charge in [0.05, 0.1) is 6.04 Å². The highest BCUT2D eigenvalue weighted by Gasteiger charge is 2.40. The van der Waals surface area contributed by atoms with Crippen molar-refractivity contribution in [3.8, 4) is 0 Å². The molecule has 0 spiro atoms. The Morgan fingerprint density at radius 2 is 1.37 bits per heavy atom. The molecule has 2 saturated carbocycles. The Hall–Kier alpha value is -2.94. The number of rotatable bonds is 13. The maximum absolute atomic E-state index is 14.0. The van der Waals surface area contributed by atoms with E-state index in [4.69, 9.17) is 5.73 Å². The van der Waals surface area contributed by atoms with E-state index >= 15 is 0 Å². The molecule has 3 rings (SSSR count). The van der Waals surface area contributed by atoms with Crippen LogP contribution in [-0.4, -0.2) is 64.9 Å². The summed E-state index contributed by atoms with van der Waals surface area (Å²) >= 11 is 0. The molecule has 2 aliphatic rings. The first-order valence-electron chi connectivity index (χ1n) is 15.5. The Morgan fingerprint density at radius 3 is 1.88 bits per heavy atom. The highest BCUT2D eigenvalue weighted by Crippen LogP contribution is 2.30. The second kappa shape index (κ2) is 15.9. The molecule has 5 N–H and O–H groups in total. The van der Waals surface area contributed by atoms with Crippen molar-refractivity contribution in [1.29, 1.82) is 0 Å². The molecule has 2 fully saturated rings. The van der Waals surface area contributed by atoms with Crippen LogP contribution in [0.2, 0.25) is 0 Å². The van der Waals surface area contributed by atoms with Crippen LogP contribution in [0.4, 0.5) is 0 Å². The van der Waals surface area contributed by atoms with Gasteiger partial charge < -0.3 is 26.4 Å². The minimum Gasteiger partial charge on any atom is -0.480 e. The van der Waals surface area contributed by atoms with E-state index in [1.165, 1.54) is 11.9 Å². The molecule has 0 saturated heterocycles. The lowest BCUT2D eigenvalue weighted by molar-refractivity contribution is -0.152. The summed E-state index contributed by atoms with van der Waals surface area (Å²) in [6, 6.07) is 6.09. The van der Waals surface area contributed by atoms with Crippen molar-refractivity contribution in [1.82, 2.24) is 15.5 Å². The van der Waals surface area contributed by atoms with Crippen molar-refractivity contribution in [3.63, 3.8) is 0 Å². The van der Waals surface area contributed by atoms with E-state index in [9.17, 15) is 24.3 Å². The Bertz CT molecular complexity index is 1000. The first-order valence-corrected chi connectivity index (χ1v) is 15.5. The van der Waals surface area contributed by atoms with Gasteiger partial charge in [0, 0.05) is 7.05 Å². The number of nitrogens with two attached hydrogens (primary N) is 1. The van der Waals surface area contributed by atoms with Crippen molar-refractivity contribution < 1.29 is 24.3 Å². The summed E-state index contributed by atoms with van der Waals surface area (Å²) in [7, 11) is 1.52. The van der Waals surface area contributed by atoms with Crippen LogP contribution in [-0.2, 0) is 25.6 Å². The van der Waals surface area contributed by atoms with Gasteiger partial charge in [0.1, 0.15) is 18.1 Å². The highest BCUT2D eigenvalue weighted by atomic mass is 16.4. The number of nitrogens with zero attached hydrogens (tertiary/aromatic N) is 1. The van der Waals surface area contributed by atoms with Gasteiger partial charge in [-0.25, -0.2) is 4.79 Å². The molecule has 0 heterocycles. The third-order valence-corrected chi connectivity index (χ3v) is 8.82. The van der Waals surface area contributed by atoms with E-state index in [-0.39, 0.29) is 35.5 Å². The minimum absolute atomic E-state index is 0.0517. The minimum atomic E-state index is -1.05. The lowest BCUT2D eigenvalue weighted by Gasteiger charge is -2.37. The Balaban J connectivity index is 1.81. The standard InChI is InChI=1S/C32H50N4O5/c1-21(2)19-26(32(40)41)36(3)31(39)28(24-17-11-6-12-18-24)35-30(38)27(23-15-9-5-10-16-23)34-29(37)25(33)20-22-13-7-4-8-14-22/h4,7-8,13-14,21,23-28H,5-6,9-12,15-20,33H2,1-3H3,(H,34,37)(H,35,38)(H,40,41)/t25-,26-,27-,28-/m1/s1. The third kappa shape index (κ3) is 9.55.